The zero-order chi connectivity index (χ0) is 12.2. The summed E-state index contributed by atoms with van der Waals surface area (Å²) in [6.45, 7) is 0.909. The first-order chi connectivity index (χ1) is 8.92. The molecule has 0 fully saturated rings. The molecule has 1 N–H and O–H groups in total. The van der Waals surface area contributed by atoms with Gasteiger partial charge in [-0.3, -0.25) is 0 Å². The number of hydrogen-bond acceptors (Lipinski definition) is 4. The maximum atomic E-state index is 4.71. The Balaban J connectivity index is 1.51. The summed E-state index contributed by atoms with van der Waals surface area (Å²) in [6, 6.07) is 9.31. The summed E-state index contributed by atoms with van der Waals surface area (Å²) in [7, 11) is 0. The van der Waals surface area contributed by atoms with Gasteiger partial charge in [0, 0.05) is 19.0 Å². The van der Waals surface area contributed by atoms with Crippen LogP contribution in [0.2, 0.25) is 0 Å². The van der Waals surface area contributed by atoms with Crippen molar-refractivity contribution in [1.29, 1.82) is 0 Å². The second kappa shape index (κ2) is 5.31. The highest BCUT2D eigenvalue weighted by atomic mass is 16.5. The van der Waals surface area contributed by atoms with E-state index in [-0.39, 0.29) is 0 Å². The Kier molecular flexibility index (Phi) is 3.37. The summed E-state index contributed by atoms with van der Waals surface area (Å²) in [5.41, 5.74) is 2.99. The van der Waals surface area contributed by atoms with Gasteiger partial charge in [0.25, 0.3) is 0 Å². The molecular weight excluding hydrogens is 226 g/mol. The first-order valence-electron chi connectivity index (χ1n) is 6.47. The fourth-order valence-electron chi connectivity index (χ4n) is 2.56. The number of benzene rings is 1. The molecule has 4 heteroatoms. The molecule has 2 aromatic rings. The minimum atomic E-state index is 0.576. The van der Waals surface area contributed by atoms with Gasteiger partial charge in [0.05, 0.1) is 0 Å². The van der Waals surface area contributed by atoms with Crippen LogP contribution in [0.4, 0.5) is 0 Å². The molecule has 3 rings (SSSR count). The standard InChI is InChI=1S/C14H17N3O/c1-2-4-12-9-13(6-5-11(12)3-1)15-8-7-14-16-10-18-17-14/h1-4,10,13,15H,5-9H2. The highest BCUT2D eigenvalue weighted by Gasteiger charge is 2.17. The first kappa shape index (κ1) is 11.4. The molecule has 1 aliphatic rings. The van der Waals surface area contributed by atoms with Crippen LogP contribution < -0.4 is 5.32 Å². The summed E-state index contributed by atoms with van der Waals surface area (Å²) >= 11 is 0. The Hall–Kier alpha value is -1.68. The molecule has 94 valence electrons. The maximum absolute atomic E-state index is 4.71. The summed E-state index contributed by atoms with van der Waals surface area (Å²) in [5, 5.41) is 7.39. The number of hydrogen-bond donors (Lipinski definition) is 1. The van der Waals surface area contributed by atoms with Crippen LogP contribution in [0, 0.1) is 0 Å². The Morgan fingerprint density at radius 1 is 1.28 bits per heavy atom. The minimum absolute atomic E-state index is 0.576. The van der Waals surface area contributed by atoms with Crippen molar-refractivity contribution in [3.05, 3.63) is 47.6 Å². The lowest BCUT2D eigenvalue weighted by Crippen LogP contribution is -2.35. The van der Waals surface area contributed by atoms with Crippen LogP contribution in [0.1, 0.15) is 23.4 Å². The van der Waals surface area contributed by atoms with Crippen LogP contribution in [-0.4, -0.2) is 22.7 Å². The number of nitrogens with zero attached hydrogens (tertiary/aromatic N) is 2. The van der Waals surface area contributed by atoms with Crippen LogP contribution in [0.25, 0.3) is 0 Å². The van der Waals surface area contributed by atoms with Crippen LogP contribution in [0.3, 0.4) is 0 Å². The van der Waals surface area contributed by atoms with E-state index in [4.69, 9.17) is 4.52 Å². The number of aromatic nitrogens is 2. The first-order valence-corrected chi connectivity index (χ1v) is 6.47. The van der Waals surface area contributed by atoms with Crippen molar-refractivity contribution in [3.63, 3.8) is 0 Å². The molecule has 18 heavy (non-hydrogen) atoms. The van der Waals surface area contributed by atoms with Gasteiger partial charge in [0.1, 0.15) is 0 Å². The summed E-state index contributed by atoms with van der Waals surface area (Å²) < 4.78 is 4.71. The third kappa shape index (κ3) is 2.59. The van der Waals surface area contributed by atoms with Crippen molar-refractivity contribution in [2.75, 3.05) is 6.54 Å². The molecule has 0 amide bonds. The lowest BCUT2D eigenvalue weighted by molar-refractivity contribution is 0.406. The van der Waals surface area contributed by atoms with Crippen molar-refractivity contribution in [3.8, 4) is 0 Å². The van der Waals surface area contributed by atoms with Gasteiger partial charge in [-0.15, -0.1) is 0 Å². The van der Waals surface area contributed by atoms with E-state index in [2.05, 4.69) is 39.7 Å². The third-order valence-corrected chi connectivity index (χ3v) is 3.54. The number of aryl methyl sites for hydroxylation is 1. The molecule has 0 saturated carbocycles. The lowest BCUT2D eigenvalue weighted by Gasteiger charge is -2.25. The Labute approximate surface area is 106 Å². The van der Waals surface area contributed by atoms with Crippen molar-refractivity contribution in [2.45, 2.75) is 31.7 Å². The predicted molar refractivity (Wildman–Crippen MR) is 68.3 cm³/mol. The fraction of sp³-hybridized carbons (Fsp3) is 0.429. The molecule has 4 nitrogen and oxygen atoms in total. The third-order valence-electron chi connectivity index (χ3n) is 3.54. The highest BCUT2D eigenvalue weighted by Crippen LogP contribution is 2.20. The van der Waals surface area contributed by atoms with E-state index in [1.165, 1.54) is 30.4 Å². The maximum Gasteiger partial charge on any atom is 0.213 e. The number of nitrogens with one attached hydrogen (secondary N) is 1. The van der Waals surface area contributed by atoms with E-state index in [1.54, 1.807) is 0 Å². The predicted octanol–water partition coefficient (Wildman–Crippen LogP) is 1.76. The molecule has 1 aromatic heterocycles. The molecule has 1 aromatic carbocycles. The van der Waals surface area contributed by atoms with Crippen molar-refractivity contribution in [2.24, 2.45) is 0 Å². The lowest BCUT2D eigenvalue weighted by atomic mass is 9.88. The highest BCUT2D eigenvalue weighted by molar-refractivity contribution is 5.30. The van der Waals surface area contributed by atoms with Gasteiger partial charge in [-0.1, -0.05) is 29.4 Å². The average molecular weight is 243 g/mol. The molecule has 0 bridgehead atoms. The van der Waals surface area contributed by atoms with Gasteiger partial charge in [-0.25, -0.2) is 0 Å². The van der Waals surface area contributed by atoms with Gasteiger partial charge in [-0.05, 0) is 30.4 Å². The average Bonchev–Trinajstić information content (AvgIpc) is 2.92. The minimum Gasteiger partial charge on any atom is -0.343 e. The van der Waals surface area contributed by atoms with E-state index in [9.17, 15) is 0 Å². The zero-order valence-corrected chi connectivity index (χ0v) is 10.3. The second-order valence-electron chi connectivity index (χ2n) is 4.76. The Bertz CT molecular complexity index is 496. The van der Waals surface area contributed by atoms with E-state index in [0.717, 1.165) is 25.2 Å². The number of rotatable bonds is 4. The zero-order valence-electron chi connectivity index (χ0n) is 10.3. The summed E-state index contributed by atoms with van der Waals surface area (Å²) in [5.74, 6) is 0.777. The van der Waals surface area contributed by atoms with Crippen molar-refractivity contribution >= 4 is 0 Å². The van der Waals surface area contributed by atoms with Gasteiger partial charge in [-0.2, -0.15) is 4.98 Å². The van der Waals surface area contributed by atoms with E-state index >= 15 is 0 Å². The van der Waals surface area contributed by atoms with Crippen molar-refractivity contribution < 1.29 is 4.52 Å². The fourth-order valence-corrected chi connectivity index (χ4v) is 2.56. The van der Waals surface area contributed by atoms with Crippen LogP contribution in [0.5, 0.6) is 0 Å². The molecule has 1 atom stereocenters. The van der Waals surface area contributed by atoms with Crippen LogP contribution >= 0.6 is 0 Å². The molecule has 0 spiro atoms. The van der Waals surface area contributed by atoms with Crippen LogP contribution in [-0.2, 0) is 19.3 Å². The monoisotopic (exact) mass is 243 g/mol. The smallest absolute Gasteiger partial charge is 0.213 e. The Morgan fingerprint density at radius 3 is 3.00 bits per heavy atom. The Morgan fingerprint density at radius 2 is 2.17 bits per heavy atom. The van der Waals surface area contributed by atoms with Gasteiger partial charge in [0.2, 0.25) is 6.39 Å². The van der Waals surface area contributed by atoms with Gasteiger partial charge >= 0.3 is 0 Å². The van der Waals surface area contributed by atoms with Gasteiger partial charge < -0.3 is 9.84 Å². The molecule has 0 saturated heterocycles. The SMILES string of the molecule is c1ccc2c(c1)CCC(NCCc1ncon1)C2. The largest absolute Gasteiger partial charge is 0.343 e. The van der Waals surface area contributed by atoms with E-state index in [1.807, 2.05) is 0 Å². The topological polar surface area (TPSA) is 51.0 Å². The quantitative estimate of drug-likeness (QED) is 0.889. The molecule has 0 aliphatic heterocycles. The molecule has 1 aliphatic carbocycles. The molecular formula is C14H17N3O. The van der Waals surface area contributed by atoms with Gasteiger partial charge in [0.15, 0.2) is 5.82 Å². The van der Waals surface area contributed by atoms with Crippen molar-refractivity contribution in [1.82, 2.24) is 15.5 Å². The second-order valence-corrected chi connectivity index (χ2v) is 4.76. The van der Waals surface area contributed by atoms with Crippen LogP contribution in [0.15, 0.2) is 35.2 Å². The summed E-state index contributed by atoms with van der Waals surface area (Å²) in [4.78, 5) is 4.02. The number of fused-ring (bicyclic) bond motifs is 1. The normalized spacial score (nSPS) is 18.6. The van der Waals surface area contributed by atoms with E-state index in [0.29, 0.717) is 6.04 Å². The summed E-state index contributed by atoms with van der Waals surface area (Å²) in [6.07, 6.45) is 5.72. The van der Waals surface area contributed by atoms with E-state index < -0.39 is 0 Å². The molecule has 1 heterocycles. The molecule has 1 unspecified atom stereocenters. The molecule has 0 radical (unpaired) electrons.